The predicted molar refractivity (Wildman–Crippen MR) is 119 cm³/mol. The van der Waals surface area contributed by atoms with Crippen LogP contribution < -0.4 is 10.1 Å². The number of amides is 2. The molecule has 2 saturated carbocycles. The van der Waals surface area contributed by atoms with Gasteiger partial charge in [-0.3, -0.25) is 9.59 Å². The van der Waals surface area contributed by atoms with Gasteiger partial charge in [-0.15, -0.1) is 0 Å². The van der Waals surface area contributed by atoms with Crippen molar-refractivity contribution in [3.63, 3.8) is 0 Å². The molecule has 6 rings (SSSR count). The third-order valence-electron chi connectivity index (χ3n) is 7.27. The van der Waals surface area contributed by atoms with Crippen LogP contribution in [0.2, 0.25) is 0 Å². The number of nitrogens with one attached hydrogen (secondary N) is 1. The Hall–Kier alpha value is -3.07. The first kappa shape index (κ1) is 21.5. The molecule has 9 heteroatoms. The topological polar surface area (TPSA) is 91.3 Å². The molecule has 1 aromatic carbocycles. The fraction of sp³-hybridized carbons (Fsp3) is 0.520. The highest BCUT2D eigenvalue weighted by Crippen LogP contribution is 2.38. The van der Waals surface area contributed by atoms with Crippen LogP contribution in [0.4, 0.5) is 4.39 Å². The molecule has 8 nitrogen and oxygen atoms in total. The third kappa shape index (κ3) is 4.02. The standard InChI is InChI=1S/C25H28FN3O5/c26-17-3-2-15(21(9-17)33-18-5-6-18)10-27-24(31)16-8-20(30)23-25(32)29-11-14-1-4-19(7-14)34-22(29)13-28(23)12-16/h2-3,9,12,14,18-19,22,30H,1,4-8,10-11,13H2,(H,27,31)/t14-,19+,22+/m1/s1. The highest BCUT2D eigenvalue weighted by atomic mass is 19.1. The molecule has 2 saturated heterocycles. The number of nitrogens with zero attached hydrogens (tertiary/aromatic N) is 2. The van der Waals surface area contributed by atoms with Crippen LogP contribution in [0.25, 0.3) is 0 Å². The number of rotatable bonds is 5. The van der Waals surface area contributed by atoms with E-state index in [0.717, 1.165) is 32.1 Å². The summed E-state index contributed by atoms with van der Waals surface area (Å²) in [5, 5.41) is 13.6. The molecule has 2 amide bonds. The van der Waals surface area contributed by atoms with Gasteiger partial charge >= 0.3 is 0 Å². The summed E-state index contributed by atoms with van der Waals surface area (Å²) in [5.41, 5.74) is 1.27. The van der Waals surface area contributed by atoms with Crippen molar-refractivity contribution in [3.05, 3.63) is 52.8 Å². The van der Waals surface area contributed by atoms with E-state index in [9.17, 15) is 19.1 Å². The monoisotopic (exact) mass is 469 g/mol. The molecule has 0 spiro atoms. The van der Waals surface area contributed by atoms with E-state index in [-0.39, 0.29) is 60.5 Å². The van der Waals surface area contributed by atoms with Gasteiger partial charge in [-0.05, 0) is 44.1 Å². The van der Waals surface area contributed by atoms with Crippen LogP contribution in [0.3, 0.4) is 0 Å². The highest BCUT2D eigenvalue weighted by molar-refractivity contribution is 5.98. The Kier molecular flexibility index (Phi) is 5.24. The lowest BCUT2D eigenvalue weighted by molar-refractivity contribution is -0.157. The molecule has 3 atom stereocenters. The summed E-state index contributed by atoms with van der Waals surface area (Å²) >= 11 is 0. The van der Waals surface area contributed by atoms with Gasteiger partial charge in [-0.25, -0.2) is 4.39 Å². The normalized spacial score (nSPS) is 28.2. The number of carbonyl (C=O) groups excluding carboxylic acids is 2. The summed E-state index contributed by atoms with van der Waals surface area (Å²) < 4.78 is 25.7. The number of carbonyl (C=O) groups is 2. The quantitative estimate of drug-likeness (QED) is 0.689. The van der Waals surface area contributed by atoms with Crippen molar-refractivity contribution in [3.8, 4) is 5.75 Å². The van der Waals surface area contributed by atoms with Gasteiger partial charge in [0, 0.05) is 42.9 Å². The fourth-order valence-corrected chi connectivity index (χ4v) is 5.37. The van der Waals surface area contributed by atoms with E-state index in [0.29, 0.717) is 35.9 Å². The molecule has 0 radical (unpaired) electrons. The van der Waals surface area contributed by atoms with Crippen LogP contribution in [-0.4, -0.2) is 58.2 Å². The third-order valence-corrected chi connectivity index (χ3v) is 7.27. The van der Waals surface area contributed by atoms with Gasteiger partial charge in [-0.2, -0.15) is 0 Å². The van der Waals surface area contributed by atoms with Crippen molar-refractivity contribution in [2.45, 2.75) is 63.5 Å². The average Bonchev–Trinajstić information content (AvgIpc) is 3.53. The molecule has 3 heterocycles. The van der Waals surface area contributed by atoms with Crippen LogP contribution >= 0.6 is 0 Å². The minimum Gasteiger partial charge on any atom is -0.510 e. The summed E-state index contributed by atoms with van der Waals surface area (Å²) in [6.45, 7) is 1.18. The maximum atomic E-state index is 13.7. The van der Waals surface area contributed by atoms with Gasteiger partial charge in [0.1, 0.15) is 23.0 Å². The van der Waals surface area contributed by atoms with Crippen molar-refractivity contribution < 1.29 is 28.6 Å². The number of fused-ring (bicyclic) bond motifs is 4. The predicted octanol–water partition coefficient (Wildman–Crippen LogP) is 2.71. The van der Waals surface area contributed by atoms with E-state index in [1.807, 2.05) is 0 Å². The molecule has 4 fully saturated rings. The first-order chi connectivity index (χ1) is 16.4. The number of benzene rings is 1. The van der Waals surface area contributed by atoms with E-state index in [1.165, 1.54) is 12.1 Å². The molecule has 180 valence electrons. The highest BCUT2D eigenvalue weighted by Gasteiger charge is 2.45. The van der Waals surface area contributed by atoms with Gasteiger partial charge in [-0.1, -0.05) is 6.07 Å². The minimum absolute atomic E-state index is 0.0241. The van der Waals surface area contributed by atoms with E-state index >= 15 is 0 Å². The Morgan fingerprint density at radius 3 is 2.91 bits per heavy atom. The second kappa shape index (κ2) is 8.30. The van der Waals surface area contributed by atoms with Crippen molar-refractivity contribution >= 4 is 11.8 Å². The molecule has 5 aliphatic rings. The van der Waals surface area contributed by atoms with E-state index in [1.54, 1.807) is 22.1 Å². The maximum absolute atomic E-state index is 13.7. The lowest BCUT2D eigenvalue weighted by Crippen LogP contribution is -2.56. The Morgan fingerprint density at radius 1 is 1.24 bits per heavy atom. The van der Waals surface area contributed by atoms with Gasteiger partial charge in [0.2, 0.25) is 5.91 Å². The van der Waals surface area contributed by atoms with Crippen molar-refractivity contribution in [2.24, 2.45) is 5.92 Å². The van der Waals surface area contributed by atoms with Crippen LogP contribution in [0.1, 0.15) is 44.1 Å². The number of hydrogen-bond donors (Lipinski definition) is 2. The summed E-state index contributed by atoms with van der Waals surface area (Å²) in [4.78, 5) is 29.5. The van der Waals surface area contributed by atoms with Crippen molar-refractivity contribution in [1.82, 2.24) is 15.1 Å². The number of aliphatic hydroxyl groups excluding tert-OH is 1. The van der Waals surface area contributed by atoms with Crippen LogP contribution in [0.15, 0.2) is 41.4 Å². The second-order valence-electron chi connectivity index (χ2n) is 9.88. The molecular weight excluding hydrogens is 441 g/mol. The van der Waals surface area contributed by atoms with Crippen molar-refractivity contribution in [2.75, 3.05) is 13.1 Å². The molecule has 3 aliphatic heterocycles. The average molecular weight is 470 g/mol. The first-order valence-corrected chi connectivity index (χ1v) is 12.0. The molecule has 34 heavy (non-hydrogen) atoms. The SMILES string of the molecule is O=C(NCc1ccc(F)cc1OC1CC1)C1=CN2C[C@@H]3O[C@H]4CC[C@H](C4)CN3C(=O)C2=C(O)C1. The Labute approximate surface area is 197 Å². The Bertz CT molecular complexity index is 1100. The summed E-state index contributed by atoms with van der Waals surface area (Å²) in [6, 6.07) is 4.28. The number of hydrogen-bond acceptors (Lipinski definition) is 6. The molecule has 2 bridgehead atoms. The smallest absolute Gasteiger partial charge is 0.276 e. The number of aliphatic hydroxyl groups is 1. The fourth-order valence-electron chi connectivity index (χ4n) is 5.37. The zero-order chi connectivity index (χ0) is 23.4. The van der Waals surface area contributed by atoms with Gasteiger partial charge in [0.05, 0.1) is 18.8 Å². The number of ether oxygens (including phenoxy) is 2. The molecule has 2 aliphatic carbocycles. The van der Waals surface area contributed by atoms with Crippen LogP contribution in [0, 0.1) is 11.7 Å². The summed E-state index contributed by atoms with van der Waals surface area (Å²) in [6.07, 6.45) is 6.41. The van der Waals surface area contributed by atoms with E-state index in [4.69, 9.17) is 9.47 Å². The molecule has 0 unspecified atom stereocenters. The minimum atomic E-state index is -0.389. The number of piperazine rings is 1. The Morgan fingerprint density at radius 2 is 2.09 bits per heavy atom. The zero-order valence-electron chi connectivity index (χ0n) is 18.8. The number of halogens is 1. The zero-order valence-corrected chi connectivity index (χ0v) is 18.8. The van der Waals surface area contributed by atoms with Crippen molar-refractivity contribution in [1.29, 1.82) is 0 Å². The summed E-state index contributed by atoms with van der Waals surface area (Å²) in [7, 11) is 0. The summed E-state index contributed by atoms with van der Waals surface area (Å²) in [5.74, 6) is -0.222. The van der Waals surface area contributed by atoms with Crippen LogP contribution in [-0.2, 0) is 20.9 Å². The molecule has 0 aromatic heterocycles. The number of allylic oxidation sites excluding steroid dienone is 1. The van der Waals surface area contributed by atoms with Gasteiger partial charge in [0.15, 0.2) is 6.23 Å². The van der Waals surface area contributed by atoms with E-state index < -0.39 is 0 Å². The Balaban J connectivity index is 1.16. The molecular formula is C25H28FN3O5. The lowest BCUT2D eigenvalue weighted by Gasteiger charge is -2.43. The molecule has 1 aromatic rings. The van der Waals surface area contributed by atoms with Gasteiger partial charge in [0.25, 0.3) is 5.91 Å². The lowest BCUT2D eigenvalue weighted by atomic mass is 10.0. The molecule has 2 N–H and O–H groups in total. The first-order valence-electron chi connectivity index (χ1n) is 12.0. The van der Waals surface area contributed by atoms with Crippen LogP contribution in [0.5, 0.6) is 5.75 Å². The van der Waals surface area contributed by atoms with E-state index in [2.05, 4.69) is 5.32 Å². The van der Waals surface area contributed by atoms with Gasteiger partial charge < -0.3 is 29.7 Å². The maximum Gasteiger partial charge on any atom is 0.276 e. The largest absolute Gasteiger partial charge is 0.510 e. The second-order valence-corrected chi connectivity index (χ2v) is 9.88.